The van der Waals surface area contributed by atoms with Crippen LogP contribution in [-0.4, -0.2) is 28.0 Å². The molecule has 1 aromatic heterocycles. The minimum absolute atomic E-state index is 0.0119. The van der Waals surface area contributed by atoms with Gasteiger partial charge in [-0.25, -0.2) is 9.78 Å². The number of nitrogen functional groups attached to an aromatic ring is 1. The number of carbonyl (C=O) groups excluding carboxylic acids is 1. The van der Waals surface area contributed by atoms with Gasteiger partial charge < -0.3 is 16.2 Å². The first-order valence-electron chi connectivity index (χ1n) is 4.68. The van der Waals surface area contributed by atoms with Crippen molar-refractivity contribution in [3.8, 4) is 12.3 Å². The first-order valence-corrected chi connectivity index (χ1v) is 5.56. The number of nitrogens with one attached hydrogen (secondary N) is 1. The van der Waals surface area contributed by atoms with E-state index in [1.54, 1.807) is 5.38 Å². The summed E-state index contributed by atoms with van der Waals surface area (Å²) in [4.78, 5) is 26.1. The number of carboxylic acids is 1. The van der Waals surface area contributed by atoms with Crippen molar-refractivity contribution in [1.29, 1.82) is 0 Å². The quantitative estimate of drug-likeness (QED) is 0.633. The van der Waals surface area contributed by atoms with E-state index in [0.29, 0.717) is 10.8 Å². The zero-order valence-corrected chi connectivity index (χ0v) is 9.66. The Labute approximate surface area is 102 Å². The van der Waals surface area contributed by atoms with Gasteiger partial charge in [-0.1, -0.05) is 0 Å². The number of hydrogen-bond acceptors (Lipinski definition) is 5. The van der Waals surface area contributed by atoms with E-state index < -0.39 is 17.9 Å². The van der Waals surface area contributed by atoms with E-state index in [9.17, 15) is 9.59 Å². The number of aliphatic carboxylic acids is 1. The summed E-state index contributed by atoms with van der Waals surface area (Å²) in [5.41, 5.74) is 5.92. The molecular formula is C10H11N3O3S. The highest BCUT2D eigenvalue weighted by atomic mass is 32.1. The third-order valence-electron chi connectivity index (χ3n) is 1.87. The second-order valence-corrected chi connectivity index (χ2v) is 4.11. The van der Waals surface area contributed by atoms with Crippen molar-refractivity contribution in [2.75, 3.05) is 5.73 Å². The van der Waals surface area contributed by atoms with Crippen LogP contribution in [-0.2, 0) is 16.0 Å². The first-order chi connectivity index (χ1) is 8.02. The monoisotopic (exact) mass is 253 g/mol. The fraction of sp³-hybridized carbons (Fsp3) is 0.300. The molecule has 1 amide bonds. The molecule has 0 fully saturated rings. The predicted molar refractivity (Wildman–Crippen MR) is 63.2 cm³/mol. The highest BCUT2D eigenvalue weighted by molar-refractivity contribution is 7.13. The van der Waals surface area contributed by atoms with Gasteiger partial charge in [0.1, 0.15) is 6.04 Å². The Kier molecular flexibility index (Phi) is 4.48. The van der Waals surface area contributed by atoms with Gasteiger partial charge in [0, 0.05) is 11.8 Å². The predicted octanol–water partition coefficient (Wildman–Crippen LogP) is -0.140. The van der Waals surface area contributed by atoms with Crippen molar-refractivity contribution in [3.05, 3.63) is 11.1 Å². The molecule has 1 aromatic rings. The molecule has 6 nitrogen and oxygen atoms in total. The van der Waals surface area contributed by atoms with Crippen molar-refractivity contribution in [2.45, 2.75) is 18.9 Å². The van der Waals surface area contributed by atoms with E-state index in [1.807, 2.05) is 0 Å². The SMILES string of the molecule is C#CCC(NC(=O)Cc1csc(N)n1)C(=O)O. The molecule has 1 atom stereocenters. The summed E-state index contributed by atoms with van der Waals surface area (Å²) in [5, 5.41) is 13.1. The van der Waals surface area contributed by atoms with Crippen LogP contribution in [0.2, 0.25) is 0 Å². The van der Waals surface area contributed by atoms with Gasteiger partial charge in [0.15, 0.2) is 5.13 Å². The average Bonchev–Trinajstić information content (AvgIpc) is 2.63. The zero-order valence-electron chi connectivity index (χ0n) is 8.84. The number of anilines is 1. The number of nitrogens with zero attached hydrogens (tertiary/aromatic N) is 1. The first kappa shape index (κ1) is 13.0. The van der Waals surface area contributed by atoms with Crippen LogP contribution in [0.5, 0.6) is 0 Å². The molecule has 1 rings (SSSR count). The number of amides is 1. The van der Waals surface area contributed by atoms with Crippen LogP contribution in [0.25, 0.3) is 0 Å². The van der Waals surface area contributed by atoms with Crippen molar-refractivity contribution < 1.29 is 14.7 Å². The second-order valence-electron chi connectivity index (χ2n) is 3.22. The van der Waals surface area contributed by atoms with Gasteiger partial charge in [-0.3, -0.25) is 4.79 Å². The molecule has 17 heavy (non-hydrogen) atoms. The van der Waals surface area contributed by atoms with Gasteiger partial charge >= 0.3 is 5.97 Å². The Morgan fingerprint density at radius 1 is 1.71 bits per heavy atom. The Balaban J connectivity index is 2.54. The second kappa shape index (κ2) is 5.86. The van der Waals surface area contributed by atoms with Crippen LogP contribution in [0, 0.1) is 12.3 Å². The molecule has 0 aliphatic rings. The van der Waals surface area contributed by atoms with Gasteiger partial charge in [0.2, 0.25) is 5.91 Å². The van der Waals surface area contributed by atoms with E-state index in [0.717, 1.165) is 0 Å². The van der Waals surface area contributed by atoms with E-state index in [-0.39, 0.29) is 12.8 Å². The van der Waals surface area contributed by atoms with E-state index in [4.69, 9.17) is 17.3 Å². The lowest BCUT2D eigenvalue weighted by molar-refractivity contribution is -0.141. The minimum atomic E-state index is -1.16. The van der Waals surface area contributed by atoms with Crippen LogP contribution >= 0.6 is 11.3 Å². The number of rotatable bonds is 5. The summed E-state index contributed by atoms with van der Waals surface area (Å²) in [6.07, 6.45) is 4.94. The maximum absolute atomic E-state index is 11.5. The topological polar surface area (TPSA) is 105 Å². The lowest BCUT2D eigenvalue weighted by Gasteiger charge is -2.10. The molecular weight excluding hydrogens is 242 g/mol. The summed E-state index contributed by atoms with van der Waals surface area (Å²) in [6.45, 7) is 0. The maximum atomic E-state index is 11.5. The smallest absolute Gasteiger partial charge is 0.327 e. The lowest BCUT2D eigenvalue weighted by atomic mass is 10.2. The van der Waals surface area contributed by atoms with Crippen molar-refractivity contribution >= 4 is 28.3 Å². The summed E-state index contributed by atoms with van der Waals surface area (Å²) >= 11 is 1.22. The third-order valence-corrected chi connectivity index (χ3v) is 2.59. The van der Waals surface area contributed by atoms with Crippen molar-refractivity contribution in [2.24, 2.45) is 0 Å². The average molecular weight is 253 g/mol. The van der Waals surface area contributed by atoms with Crippen LogP contribution in [0.3, 0.4) is 0 Å². The zero-order chi connectivity index (χ0) is 12.8. The normalized spacial score (nSPS) is 11.5. The fourth-order valence-electron chi connectivity index (χ4n) is 1.13. The highest BCUT2D eigenvalue weighted by Gasteiger charge is 2.19. The van der Waals surface area contributed by atoms with Gasteiger partial charge in [-0.05, 0) is 0 Å². The van der Waals surface area contributed by atoms with E-state index >= 15 is 0 Å². The lowest BCUT2D eigenvalue weighted by Crippen LogP contribution is -2.41. The largest absolute Gasteiger partial charge is 0.480 e. The molecule has 0 spiro atoms. The number of hydrogen-bond donors (Lipinski definition) is 3. The number of terminal acetylenes is 1. The molecule has 0 radical (unpaired) electrons. The van der Waals surface area contributed by atoms with E-state index in [2.05, 4.69) is 16.2 Å². The maximum Gasteiger partial charge on any atom is 0.327 e. The number of nitrogens with two attached hydrogens (primary N) is 1. The van der Waals surface area contributed by atoms with Gasteiger partial charge in [0.25, 0.3) is 0 Å². The Hall–Kier alpha value is -2.07. The molecule has 4 N–H and O–H groups in total. The van der Waals surface area contributed by atoms with Crippen LogP contribution < -0.4 is 11.1 Å². The summed E-state index contributed by atoms with van der Waals surface area (Å²) in [5.74, 6) is 0.589. The Bertz CT molecular complexity index is 464. The summed E-state index contributed by atoms with van der Waals surface area (Å²) < 4.78 is 0. The van der Waals surface area contributed by atoms with Gasteiger partial charge in [-0.2, -0.15) is 0 Å². The Morgan fingerprint density at radius 3 is 2.88 bits per heavy atom. The molecule has 1 unspecified atom stereocenters. The number of carboxylic acid groups (broad SMARTS) is 1. The highest BCUT2D eigenvalue weighted by Crippen LogP contribution is 2.11. The van der Waals surface area contributed by atoms with Crippen molar-refractivity contribution in [1.82, 2.24) is 10.3 Å². The molecule has 0 saturated carbocycles. The Morgan fingerprint density at radius 2 is 2.41 bits per heavy atom. The van der Waals surface area contributed by atoms with Gasteiger partial charge in [-0.15, -0.1) is 23.7 Å². The standard InChI is InChI=1S/C10H11N3O3S/c1-2-3-7(9(15)16)13-8(14)4-6-5-17-10(11)12-6/h1,5,7H,3-4H2,(H2,11,12)(H,13,14)(H,15,16). The van der Waals surface area contributed by atoms with Crippen molar-refractivity contribution in [3.63, 3.8) is 0 Å². The van der Waals surface area contributed by atoms with Crippen LogP contribution in [0.15, 0.2) is 5.38 Å². The third kappa shape index (κ3) is 4.12. The molecule has 0 aromatic carbocycles. The fourth-order valence-corrected chi connectivity index (χ4v) is 1.69. The number of aromatic nitrogens is 1. The van der Waals surface area contributed by atoms with E-state index in [1.165, 1.54) is 11.3 Å². The van der Waals surface area contributed by atoms with Crippen LogP contribution in [0.4, 0.5) is 5.13 Å². The molecule has 0 aliphatic carbocycles. The summed E-state index contributed by atoms with van der Waals surface area (Å²) in [6, 6.07) is -1.07. The molecule has 1 heterocycles. The molecule has 0 aliphatic heterocycles. The minimum Gasteiger partial charge on any atom is -0.480 e. The number of carbonyl (C=O) groups is 2. The number of thiazole rings is 1. The molecule has 7 heteroatoms. The van der Waals surface area contributed by atoms with Gasteiger partial charge in [0.05, 0.1) is 12.1 Å². The molecule has 0 saturated heterocycles. The van der Waals surface area contributed by atoms with Crippen LogP contribution in [0.1, 0.15) is 12.1 Å². The molecule has 0 bridgehead atoms. The summed E-state index contributed by atoms with van der Waals surface area (Å²) in [7, 11) is 0. The molecule has 90 valence electrons.